The summed E-state index contributed by atoms with van der Waals surface area (Å²) in [5.74, 6) is 0.280. The molecule has 2 aromatic carbocycles. The molecule has 0 saturated heterocycles. The van der Waals surface area contributed by atoms with E-state index < -0.39 is 5.91 Å². The lowest BCUT2D eigenvalue weighted by atomic mass is 10.2. The summed E-state index contributed by atoms with van der Waals surface area (Å²) < 4.78 is 6.81. The van der Waals surface area contributed by atoms with Gasteiger partial charge in [-0.1, -0.05) is 23.4 Å². The molecule has 1 aromatic heterocycles. The van der Waals surface area contributed by atoms with E-state index in [1.54, 1.807) is 51.0 Å². The SMILES string of the molecule is COc1cccc(-n2nnc(C(=O)Nc3ccccc3SC(=O)N(C)C)c2C)c1. The molecule has 0 bridgehead atoms. The van der Waals surface area contributed by atoms with Gasteiger partial charge in [-0.15, -0.1) is 5.10 Å². The highest BCUT2D eigenvalue weighted by atomic mass is 32.2. The van der Waals surface area contributed by atoms with Gasteiger partial charge >= 0.3 is 0 Å². The molecule has 150 valence electrons. The van der Waals surface area contributed by atoms with Gasteiger partial charge in [0, 0.05) is 25.1 Å². The van der Waals surface area contributed by atoms with E-state index in [1.165, 1.54) is 4.90 Å². The Morgan fingerprint density at radius 3 is 2.62 bits per heavy atom. The van der Waals surface area contributed by atoms with E-state index in [1.807, 2.05) is 30.3 Å². The van der Waals surface area contributed by atoms with E-state index in [4.69, 9.17) is 4.74 Å². The summed E-state index contributed by atoms with van der Waals surface area (Å²) in [6.07, 6.45) is 0. The van der Waals surface area contributed by atoms with Crippen LogP contribution in [0, 0.1) is 6.92 Å². The molecule has 0 spiro atoms. The second-order valence-electron chi connectivity index (χ2n) is 6.35. The number of hydrogen-bond acceptors (Lipinski definition) is 6. The van der Waals surface area contributed by atoms with Gasteiger partial charge < -0.3 is 15.0 Å². The zero-order valence-corrected chi connectivity index (χ0v) is 17.4. The number of benzene rings is 2. The predicted octanol–water partition coefficient (Wildman–Crippen LogP) is 3.61. The fourth-order valence-corrected chi connectivity index (χ4v) is 3.30. The molecule has 8 nitrogen and oxygen atoms in total. The number of nitrogens with zero attached hydrogens (tertiary/aromatic N) is 4. The first-order valence-corrected chi connectivity index (χ1v) is 9.58. The highest BCUT2D eigenvalue weighted by Gasteiger charge is 2.19. The van der Waals surface area contributed by atoms with Gasteiger partial charge in [-0.2, -0.15) is 0 Å². The Balaban J connectivity index is 1.84. The quantitative estimate of drug-likeness (QED) is 0.645. The Morgan fingerprint density at radius 1 is 1.14 bits per heavy atom. The number of para-hydroxylation sites is 1. The van der Waals surface area contributed by atoms with Crippen molar-refractivity contribution in [1.29, 1.82) is 0 Å². The van der Waals surface area contributed by atoms with E-state index in [2.05, 4.69) is 15.6 Å². The second kappa shape index (κ2) is 8.78. The third-order valence-electron chi connectivity index (χ3n) is 4.11. The Labute approximate surface area is 172 Å². The van der Waals surface area contributed by atoms with Crippen LogP contribution in [-0.4, -0.2) is 52.2 Å². The van der Waals surface area contributed by atoms with Crippen LogP contribution in [0.3, 0.4) is 0 Å². The van der Waals surface area contributed by atoms with Crippen LogP contribution in [0.25, 0.3) is 5.69 Å². The molecular weight excluding hydrogens is 390 g/mol. The standard InChI is InChI=1S/C20H21N5O3S/c1-13-18(22-23-25(13)14-8-7-9-15(12-14)28-4)19(26)21-16-10-5-6-11-17(16)29-20(27)24(2)3/h5-12H,1-4H3,(H,21,26). The largest absolute Gasteiger partial charge is 0.497 e. The zero-order valence-electron chi connectivity index (χ0n) is 16.5. The first kappa shape index (κ1) is 20.4. The number of amides is 2. The van der Waals surface area contributed by atoms with Gasteiger partial charge in [-0.25, -0.2) is 4.68 Å². The van der Waals surface area contributed by atoms with Crippen LogP contribution in [0.5, 0.6) is 5.75 Å². The van der Waals surface area contributed by atoms with Crippen molar-refractivity contribution in [1.82, 2.24) is 19.9 Å². The minimum absolute atomic E-state index is 0.133. The van der Waals surface area contributed by atoms with E-state index in [9.17, 15) is 9.59 Å². The van der Waals surface area contributed by atoms with E-state index in [-0.39, 0.29) is 10.9 Å². The minimum Gasteiger partial charge on any atom is -0.497 e. The van der Waals surface area contributed by atoms with Gasteiger partial charge in [0.15, 0.2) is 5.69 Å². The zero-order chi connectivity index (χ0) is 21.0. The molecule has 0 atom stereocenters. The highest BCUT2D eigenvalue weighted by Crippen LogP contribution is 2.29. The van der Waals surface area contributed by atoms with Crippen LogP contribution < -0.4 is 10.1 Å². The van der Waals surface area contributed by atoms with Gasteiger partial charge in [0.05, 0.1) is 24.2 Å². The number of carbonyl (C=O) groups is 2. The number of nitrogens with one attached hydrogen (secondary N) is 1. The number of carbonyl (C=O) groups excluding carboxylic acids is 2. The number of hydrogen-bond donors (Lipinski definition) is 1. The monoisotopic (exact) mass is 411 g/mol. The third kappa shape index (κ3) is 4.57. The summed E-state index contributed by atoms with van der Waals surface area (Å²) >= 11 is 1.04. The number of methoxy groups -OCH3 is 1. The first-order chi connectivity index (χ1) is 13.9. The summed E-state index contributed by atoms with van der Waals surface area (Å²) in [5, 5.41) is 10.8. The summed E-state index contributed by atoms with van der Waals surface area (Å²) in [5.41, 5.74) is 2.06. The van der Waals surface area contributed by atoms with Crippen molar-refractivity contribution in [2.24, 2.45) is 0 Å². The van der Waals surface area contributed by atoms with Crippen molar-refractivity contribution < 1.29 is 14.3 Å². The van der Waals surface area contributed by atoms with Gasteiger partial charge in [0.25, 0.3) is 11.1 Å². The number of aromatic nitrogens is 3. The van der Waals surface area contributed by atoms with Crippen molar-refractivity contribution in [2.75, 3.05) is 26.5 Å². The average molecular weight is 411 g/mol. The van der Waals surface area contributed by atoms with Crippen LogP contribution in [-0.2, 0) is 0 Å². The van der Waals surface area contributed by atoms with Crippen LogP contribution in [0.1, 0.15) is 16.2 Å². The van der Waals surface area contributed by atoms with Gasteiger partial charge in [0.2, 0.25) is 0 Å². The molecule has 0 fully saturated rings. The maximum Gasteiger partial charge on any atom is 0.286 e. The molecule has 1 N–H and O–H groups in total. The summed E-state index contributed by atoms with van der Waals surface area (Å²) in [7, 11) is 4.94. The van der Waals surface area contributed by atoms with Crippen molar-refractivity contribution in [3.05, 3.63) is 59.9 Å². The predicted molar refractivity (Wildman–Crippen MR) is 112 cm³/mol. The molecule has 2 amide bonds. The second-order valence-corrected chi connectivity index (χ2v) is 7.34. The molecule has 0 aliphatic rings. The molecule has 9 heteroatoms. The molecular formula is C20H21N5O3S. The molecule has 0 radical (unpaired) electrons. The Morgan fingerprint density at radius 2 is 1.90 bits per heavy atom. The van der Waals surface area contributed by atoms with Crippen molar-refractivity contribution in [3.8, 4) is 11.4 Å². The van der Waals surface area contributed by atoms with Crippen LogP contribution in [0.15, 0.2) is 53.4 Å². The molecule has 29 heavy (non-hydrogen) atoms. The minimum atomic E-state index is -0.401. The van der Waals surface area contributed by atoms with Crippen molar-refractivity contribution in [2.45, 2.75) is 11.8 Å². The van der Waals surface area contributed by atoms with Gasteiger partial charge in [0.1, 0.15) is 5.75 Å². The Hall–Kier alpha value is -3.33. The van der Waals surface area contributed by atoms with Gasteiger partial charge in [-0.05, 0) is 43.0 Å². The normalized spacial score (nSPS) is 10.5. The summed E-state index contributed by atoms with van der Waals surface area (Å²) in [4.78, 5) is 27.0. The van der Waals surface area contributed by atoms with E-state index in [0.717, 1.165) is 17.4 Å². The molecule has 0 aliphatic carbocycles. The number of rotatable bonds is 5. The smallest absolute Gasteiger partial charge is 0.286 e. The maximum absolute atomic E-state index is 12.8. The van der Waals surface area contributed by atoms with Crippen LogP contribution >= 0.6 is 11.8 Å². The Bertz CT molecular complexity index is 1050. The van der Waals surface area contributed by atoms with E-state index >= 15 is 0 Å². The first-order valence-electron chi connectivity index (χ1n) is 8.77. The summed E-state index contributed by atoms with van der Waals surface area (Å²) in [6, 6.07) is 14.4. The fraction of sp³-hybridized carbons (Fsp3) is 0.200. The van der Waals surface area contributed by atoms with Crippen molar-refractivity contribution in [3.63, 3.8) is 0 Å². The summed E-state index contributed by atoms with van der Waals surface area (Å²) in [6.45, 7) is 1.77. The average Bonchev–Trinajstić information content (AvgIpc) is 3.10. The molecule has 3 aromatic rings. The lowest BCUT2D eigenvalue weighted by molar-refractivity contribution is 0.102. The molecule has 3 rings (SSSR count). The maximum atomic E-state index is 12.8. The van der Waals surface area contributed by atoms with Crippen molar-refractivity contribution >= 4 is 28.6 Å². The Kier molecular flexibility index (Phi) is 6.18. The fourth-order valence-electron chi connectivity index (χ4n) is 2.55. The molecule has 0 saturated carbocycles. The molecule has 0 aliphatic heterocycles. The lowest BCUT2D eigenvalue weighted by Gasteiger charge is -2.12. The van der Waals surface area contributed by atoms with E-state index in [0.29, 0.717) is 22.0 Å². The van der Waals surface area contributed by atoms with Gasteiger partial charge in [-0.3, -0.25) is 9.59 Å². The number of thioether (sulfide) groups is 1. The number of ether oxygens (including phenoxy) is 1. The third-order valence-corrected chi connectivity index (χ3v) is 5.22. The van der Waals surface area contributed by atoms with Crippen LogP contribution in [0.2, 0.25) is 0 Å². The molecule has 1 heterocycles. The molecule has 0 unspecified atom stereocenters. The lowest BCUT2D eigenvalue weighted by Crippen LogP contribution is -2.17. The van der Waals surface area contributed by atoms with Crippen LogP contribution in [0.4, 0.5) is 10.5 Å². The highest BCUT2D eigenvalue weighted by molar-refractivity contribution is 8.13. The topological polar surface area (TPSA) is 89.3 Å². The number of anilines is 1.